The first-order valence-electron chi connectivity index (χ1n) is 10.7. The molecule has 0 radical (unpaired) electrons. The summed E-state index contributed by atoms with van der Waals surface area (Å²) in [7, 11) is 0. The number of nitrogens with one attached hydrogen (secondary N) is 4. The topological polar surface area (TPSA) is 146 Å². The van der Waals surface area contributed by atoms with Crippen molar-refractivity contribution in [1.29, 1.82) is 0 Å². The first-order valence-corrected chi connectivity index (χ1v) is 10.7. The molecule has 0 aromatic heterocycles. The number of carbonyl (C=O) groups excluding carboxylic acids is 4. The number of hydrogen-bond acceptors (Lipinski definition) is 6. The number of ether oxygens (including phenoxy) is 1. The zero-order chi connectivity index (χ0) is 25.8. The standard InChI is InChI=1S/C25H28N4O6.CH4/c1-25(2,3)35-24(33)27-16-21(30)26-15-20(23(32)29-34)28-22(31)19-13-11-18(12-14-19)10-9-17-7-5-4-6-8-17;/h4-8,11-14,20,34H,15-16H2,1-3H3,(H,26,30)(H,27,33)(H,28,31)(H,29,32);1H4/t20-;/m0./s1. The minimum absolute atomic E-state index is 0. The first kappa shape index (κ1) is 29.7. The van der Waals surface area contributed by atoms with Gasteiger partial charge in [-0.25, -0.2) is 10.3 Å². The molecule has 5 N–H and O–H groups in total. The van der Waals surface area contributed by atoms with Crippen molar-refractivity contribution in [3.05, 3.63) is 71.3 Å². The third-order valence-electron chi connectivity index (χ3n) is 4.30. The van der Waals surface area contributed by atoms with E-state index >= 15 is 0 Å². The van der Waals surface area contributed by atoms with Crippen molar-refractivity contribution in [3.8, 4) is 11.8 Å². The van der Waals surface area contributed by atoms with E-state index in [9.17, 15) is 19.2 Å². The smallest absolute Gasteiger partial charge is 0.408 e. The summed E-state index contributed by atoms with van der Waals surface area (Å²) in [6, 6.07) is 14.6. The van der Waals surface area contributed by atoms with Gasteiger partial charge in [0.15, 0.2) is 0 Å². The molecule has 0 bridgehead atoms. The van der Waals surface area contributed by atoms with E-state index < -0.39 is 42.0 Å². The summed E-state index contributed by atoms with van der Waals surface area (Å²) in [5.74, 6) is 3.86. The molecule has 36 heavy (non-hydrogen) atoms. The van der Waals surface area contributed by atoms with Crippen LogP contribution in [0.4, 0.5) is 4.79 Å². The fourth-order valence-electron chi connectivity index (χ4n) is 2.64. The van der Waals surface area contributed by atoms with Gasteiger partial charge in [-0.3, -0.25) is 19.6 Å². The largest absolute Gasteiger partial charge is 0.444 e. The van der Waals surface area contributed by atoms with Gasteiger partial charge in [-0.2, -0.15) is 0 Å². The van der Waals surface area contributed by atoms with Crippen LogP contribution >= 0.6 is 0 Å². The van der Waals surface area contributed by atoms with Crippen molar-refractivity contribution in [2.45, 2.75) is 39.8 Å². The first-order chi connectivity index (χ1) is 16.6. The molecule has 0 aliphatic rings. The molecule has 0 aliphatic carbocycles. The Morgan fingerprint density at radius 1 is 0.917 bits per heavy atom. The van der Waals surface area contributed by atoms with Crippen molar-refractivity contribution in [1.82, 2.24) is 21.4 Å². The van der Waals surface area contributed by atoms with Crippen LogP contribution in [0.2, 0.25) is 0 Å². The van der Waals surface area contributed by atoms with Crippen LogP contribution in [0.25, 0.3) is 0 Å². The molecule has 4 amide bonds. The molecule has 2 rings (SSSR count). The predicted octanol–water partition coefficient (Wildman–Crippen LogP) is 1.97. The third kappa shape index (κ3) is 10.7. The van der Waals surface area contributed by atoms with Crippen LogP contribution < -0.4 is 21.4 Å². The highest BCUT2D eigenvalue weighted by Crippen LogP contribution is 2.06. The summed E-state index contributed by atoms with van der Waals surface area (Å²) >= 11 is 0. The fraction of sp³-hybridized carbons (Fsp3) is 0.308. The molecular weight excluding hydrogens is 464 g/mol. The van der Waals surface area contributed by atoms with Gasteiger partial charge in [0.2, 0.25) is 5.91 Å². The molecular formula is C26H32N4O6. The summed E-state index contributed by atoms with van der Waals surface area (Å²) < 4.78 is 5.02. The lowest BCUT2D eigenvalue weighted by Gasteiger charge is -2.20. The molecule has 10 nitrogen and oxygen atoms in total. The predicted molar refractivity (Wildman–Crippen MR) is 134 cm³/mol. The van der Waals surface area contributed by atoms with Crippen molar-refractivity contribution in [2.75, 3.05) is 13.1 Å². The Labute approximate surface area is 210 Å². The number of rotatable bonds is 7. The summed E-state index contributed by atoms with van der Waals surface area (Å²) in [5.41, 5.74) is 2.53. The Morgan fingerprint density at radius 3 is 2.06 bits per heavy atom. The van der Waals surface area contributed by atoms with Gasteiger partial charge >= 0.3 is 6.09 Å². The number of amides is 4. The lowest BCUT2D eigenvalue weighted by Crippen LogP contribution is -2.53. The molecule has 0 unspecified atom stereocenters. The Morgan fingerprint density at radius 2 is 1.50 bits per heavy atom. The number of hydrogen-bond donors (Lipinski definition) is 5. The van der Waals surface area contributed by atoms with Gasteiger partial charge in [0.1, 0.15) is 11.6 Å². The molecule has 0 heterocycles. The Bertz CT molecular complexity index is 1100. The van der Waals surface area contributed by atoms with Crippen LogP contribution in [0.15, 0.2) is 54.6 Å². The van der Waals surface area contributed by atoms with E-state index in [0.29, 0.717) is 5.56 Å². The van der Waals surface area contributed by atoms with E-state index in [4.69, 9.17) is 9.94 Å². The quantitative estimate of drug-likeness (QED) is 0.225. The van der Waals surface area contributed by atoms with Crippen LogP contribution in [0.5, 0.6) is 0 Å². The lowest BCUT2D eigenvalue weighted by atomic mass is 10.1. The number of hydroxylamine groups is 1. The van der Waals surface area contributed by atoms with Crippen LogP contribution in [0, 0.1) is 11.8 Å². The van der Waals surface area contributed by atoms with E-state index in [0.717, 1.165) is 5.56 Å². The van der Waals surface area contributed by atoms with Gasteiger partial charge in [0.05, 0.1) is 6.54 Å². The molecule has 0 aliphatic heterocycles. The van der Waals surface area contributed by atoms with Gasteiger partial charge in [0.25, 0.3) is 11.8 Å². The Hall–Kier alpha value is -4.36. The van der Waals surface area contributed by atoms with Crippen LogP contribution in [-0.4, -0.2) is 53.8 Å². The molecule has 0 saturated heterocycles. The molecule has 0 saturated carbocycles. The van der Waals surface area contributed by atoms with Gasteiger partial charge in [0, 0.05) is 23.2 Å². The molecule has 0 spiro atoms. The second-order valence-corrected chi connectivity index (χ2v) is 8.35. The van der Waals surface area contributed by atoms with Gasteiger partial charge in [-0.05, 0) is 57.2 Å². The highest BCUT2D eigenvalue weighted by atomic mass is 16.6. The summed E-state index contributed by atoms with van der Waals surface area (Å²) in [6.07, 6.45) is -0.775. The average Bonchev–Trinajstić information content (AvgIpc) is 2.83. The molecule has 10 heteroatoms. The number of benzene rings is 2. The molecule has 1 atom stereocenters. The highest BCUT2D eigenvalue weighted by molar-refractivity contribution is 5.97. The monoisotopic (exact) mass is 496 g/mol. The van der Waals surface area contributed by atoms with Gasteiger partial charge in [-0.15, -0.1) is 0 Å². The molecule has 0 fully saturated rings. The summed E-state index contributed by atoms with van der Waals surface area (Å²) in [4.78, 5) is 48.1. The maximum atomic E-state index is 12.6. The second-order valence-electron chi connectivity index (χ2n) is 8.35. The van der Waals surface area contributed by atoms with Crippen molar-refractivity contribution >= 4 is 23.8 Å². The second kappa shape index (κ2) is 14.1. The van der Waals surface area contributed by atoms with Crippen LogP contribution in [0.3, 0.4) is 0 Å². The molecule has 2 aromatic carbocycles. The Kier molecular flexibility index (Phi) is 11.6. The fourth-order valence-corrected chi connectivity index (χ4v) is 2.64. The van der Waals surface area contributed by atoms with Crippen molar-refractivity contribution < 1.29 is 29.1 Å². The summed E-state index contributed by atoms with van der Waals surface area (Å²) in [5, 5.41) is 16.1. The van der Waals surface area contributed by atoms with E-state index in [1.165, 1.54) is 5.48 Å². The number of alkyl carbamates (subject to hydrolysis) is 1. The van der Waals surface area contributed by atoms with Gasteiger partial charge in [-0.1, -0.05) is 37.5 Å². The third-order valence-corrected chi connectivity index (χ3v) is 4.30. The van der Waals surface area contributed by atoms with Crippen LogP contribution in [0.1, 0.15) is 49.7 Å². The van der Waals surface area contributed by atoms with E-state index in [-0.39, 0.29) is 19.5 Å². The average molecular weight is 497 g/mol. The van der Waals surface area contributed by atoms with E-state index in [1.807, 2.05) is 30.3 Å². The van der Waals surface area contributed by atoms with Crippen molar-refractivity contribution in [3.63, 3.8) is 0 Å². The zero-order valence-corrected chi connectivity index (χ0v) is 19.7. The molecule has 2 aromatic rings. The number of carbonyl (C=O) groups is 4. The van der Waals surface area contributed by atoms with Crippen molar-refractivity contribution in [2.24, 2.45) is 0 Å². The minimum Gasteiger partial charge on any atom is -0.444 e. The zero-order valence-electron chi connectivity index (χ0n) is 19.7. The summed E-state index contributed by atoms with van der Waals surface area (Å²) in [6.45, 7) is 4.31. The maximum absolute atomic E-state index is 12.6. The maximum Gasteiger partial charge on any atom is 0.408 e. The van der Waals surface area contributed by atoms with Gasteiger partial charge < -0.3 is 20.7 Å². The van der Waals surface area contributed by atoms with Crippen LogP contribution in [-0.2, 0) is 14.3 Å². The SMILES string of the molecule is C.CC(C)(C)OC(=O)NCC(=O)NC[C@H](NC(=O)c1ccc(C#Cc2ccccc2)cc1)C(=O)NO. The molecule has 192 valence electrons. The van der Waals surface area contributed by atoms with E-state index in [2.05, 4.69) is 27.8 Å². The van der Waals surface area contributed by atoms with E-state index in [1.54, 1.807) is 45.0 Å². The Balaban J connectivity index is 0.00000648. The minimum atomic E-state index is -1.27. The highest BCUT2D eigenvalue weighted by Gasteiger charge is 2.22. The normalized spacial score (nSPS) is 10.9. The lowest BCUT2D eigenvalue weighted by molar-refractivity contribution is -0.131.